The Labute approximate surface area is 103 Å². The molecule has 17 heavy (non-hydrogen) atoms. The second-order valence-corrected chi connectivity index (χ2v) is 4.99. The second-order valence-electron chi connectivity index (χ2n) is 4.99. The molecule has 0 bridgehead atoms. The van der Waals surface area contributed by atoms with Crippen LogP contribution in [0.25, 0.3) is 0 Å². The van der Waals surface area contributed by atoms with E-state index in [9.17, 15) is 9.59 Å². The van der Waals surface area contributed by atoms with E-state index >= 15 is 0 Å². The van der Waals surface area contributed by atoms with E-state index in [1.807, 2.05) is 23.6 Å². The van der Waals surface area contributed by atoms with Crippen molar-refractivity contribution in [3.05, 3.63) is 0 Å². The molecule has 0 N–H and O–H groups in total. The van der Waals surface area contributed by atoms with Crippen LogP contribution in [0.15, 0.2) is 0 Å². The van der Waals surface area contributed by atoms with Crippen LogP contribution in [-0.4, -0.2) is 47.8 Å². The standard InChI is InChI=1S/C13H22N2O2/c1-3-14(4-2)12(16)10-9-11(10)13(17)15-7-5-6-8-15/h10-11H,3-9H2,1-2H3. The molecule has 2 fully saturated rings. The number of nitrogens with zero attached hydrogens (tertiary/aromatic N) is 2. The molecule has 2 aliphatic rings. The highest BCUT2D eigenvalue weighted by atomic mass is 16.2. The van der Waals surface area contributed by atoms with E-state index in [0.717, 1.165) is 45.4 Å². The van der Waals surface area contributed by atoms with Gasteiger partial charge in [0.15, 0.2) is 0 Å². The van der Waals surface area contributed by atoms with Crippen molar-refractivity contribution >= 4 is 11.8 Å². The molecule has 1 aliphatic carbocycles. The monoisotopic (exact) mass is 238 g/mol. The summed E-state index contributed by atoms with van der Waals surface area (Å²) in [7, 11) is 0. The number of likely N-dealkylation sites (tertiary alicyclic amines) is 1. The van der Waals surface area contributed by atoms with Crippen LogP contribution in [-0.2, 0) is 9.59 Å². The summed E-state index contributed by atoms with van der Waals surface area (Å²) in [5.74, 6) is 0.352. The zero-order valence-corrected chi connectivity index (χ0v) is 10.8. The smallest absolute Gasteiger partial charge is 0.226 e. The van der Waals surface area contributed by atoms with Crippen LogP contribution in [0.2, 0.25) is 0 Å². The number of rotatable bonds is 4. The number of hydrogen-bond donors (Lipinski definition) is 0. The van der Waals surface area contributed by atoms with Crippen molar-refractivity contribution in [3.63, 3.8) is 0 Å². The predicted molar refractivity (Wildman–Crippen MR) is 65.3 cm³/mol. The maximum absolute atomic E-state index is 12.1. The van der Waals surface area contributed by atoms with Crippen LogP contribution >= 0.6 is 0 Å². The molecule has 4 nitrogen and oxygen atoms in total. The fourth-order valence-corrected chi connectivity index (χ4v) is 2.68. The Kier molecular flexibility index (Phi) is 3.69. The normalized spacial score (nSPS) is 27.1. The molecule has 0 aromatic rings. The first-order chi connectivity index (χ1) is 8.19. The lowest BCUT2D eigenvalue weighted by atomic mass is 10.2. The molecule has 1 saturated heterocycles. The maximum atomic E-state index is 12.1. The van der Waals surface area contributed by atoms with Gasteiger partial charge < -0.3 is 9.80 Å². The molecule has 0 spiro atoms. The third-order valence-electron chi connectivity index (χ3n) is 3.92. The van der Waals surface area contributed by atoms with Gasteiger partial charge in [-0.15, -0.1) is 0 Å². The Balaban J connectivity index is 1.87. The van der Waals surface area contributed by atoms with E-state index in [2.05, 4.69) is 0 Å². The van der Waals surface area contributed by atoms with Crippen LogP contribution in [0.4, 0.5) is 0 Å². The lowest BCUT2D eigenvalue weighted by Crippen LogP contribution is -2.35. The van der Waals surface area contributed by atoms with Gasteiger partial charge in [0.2, 0.25) is 11.8 Å². The summed E-state index contributed by atoms with van der Waals surface area (Å²) >= 11 is 0. The predicted octanol–water partition coefficient (Wildman–Crippen LogP) is 1.11. The number of carbonyl (C=O) groups is 2. The van der Waals surface area contributed by atoms with Gasteiger partial charge in [-0.2, -0.15) is 0 Å². The van der Waals surface area contributed by atoms with Gasteiger partial charge in [0.25, 0.3) is 0 Å². The summed E-state index contributed by atoms with van der Waals surface area (Å²) < 4.78 is 0. The fraction of sp³-hybridized carbons (Fsp3) is 0.846. The largest absolute Gasteiger partial charge is 0.343 e. The van der Waals surface area contributed by atoms with Crippen molar-refractivity contribution in [2.75, 3.05) is 26.2 Å². The van der Waals surface area contributed by atoms with Crippen molar-refractivity contribution in [2.45, 2.75) is 33.1 Å². The second kappa shape index (κ2) is 5.07. The SMILES string of the molecule is CCN(CC)C(=O)C1CC1C(=O)N1CCCC1. The Morgan fingerprint density at radius 2 is 1.71 bits per heavy atom. The molecule has 0 aromatic heterocycles. The highest BCUT2D eigenvalue weighted by Gasteiger charge is 2.50. The minimum Gasteiger partial charge on any atom is -0.343 e. The molecule has 1 heterocycles. The molecule has 1 aliphatic heterocycles. The summed E-state index contributed by atoms with van der Waals surface area (Å²) in [5.41, 5.74) is 0. The molecule has 0 radical (unpaired) electrons. The minimum absolute atomic E-state index is 0.0128. The van der Waals surface area contributed by atoms with E-state index < -0.39 is 0 Å². The lowest BCUT2D eigenvalue weighted by molar-refractivity contribution is -0.137. The van der Waals surface area contributed by atoms with Crippen LogP contribution in [0.5, 0.6) is 0 Å². The fourth-order valence-electron chi connectivity index (χ4n) is 2.68. The molecule has 4 heteroatoms. The van der Waals surface area contributed by atoms with Gasteiger partial charge in [-0.05, 0) is 33.1 Å². The molecular weight excluding hydrogens is 216 g/mol. The van der Waals surface area contributed by atoms with E-state index in [1.54, 1.807) is 0 Å². The first-order valence-electron chi connectivity index (χ1n) is 6.76. The van der Waals surface area contributed by atoms with Crippen molar-refractivity contribution < 1.29 is 9.59 Å². The van der Waals surface area contributed by atoms with Crippen LogP contribution in [0.3, 0.4) is 0 Å². The topological polar surface area (TPSA) is 40.6 Å². The van der Waals surface area contributed by atoms with Crippen LogP contribution in [0, 0.1) is 11.8 Å². The summed E-state index contributed by atoms with van der Waals surface area (Å²) in [6.45, 7) is 7.25. The van der Waals surface area contributed by atoms with Gasteiger partial charge in [0.1, 0.15) is 0 Å². The summed E-state index contributed by atoms with van der Waals surface area (Å²) in [6.07, 6.45) is 3.00. The van der Waals surface area contributed by atoms with Crippen LogP contribution in [0.1, 0.15) is 33.1 Å². The molecule has 96 valence electrons. The molecule has 2 amide bonds. The van der Waals surface area contributed by atoms with E-state index in [0.29, 0.717) is 0 Å². The summed E-state index contributed by atoms with van der Waals surface area (Å²) in [4.78, 5) is 27.9. The lowest BCUT2D eigenvalue weighted by Gasteiger charge is -2.19. The van der Waals surface area contributed by atoms with E-state index in [1.165, 1.54) is 0 Å². The molecule has 2 atom stereocenters. The van der Waals surface area contributed by atoms with Crippen molar-refractivity contribution in [2.24, 2.45) is 11.8 Å². The van der Waals surface area contributed by atoms with Gasteiger partial charge in [-0.25, -0.2) is 0 Å². The summed E-state index contributed by atoms with van der Waals surface area (Å²) in [6, 6.07) is 0. The highest BCUT2D eigenvalue weighted by molar-refractivity contribution is 5.92. The zero-order valence-electron chi connectivity index (χ0n) is 10.8. The molecular formula is C13H22N2O2. The maximum Gasteiger partial charge on any atom is 0.226 e. The van der Waals surface area contributed by atoms with Crippen molar-refractivity contribution in [3.8, 4) is 0 Å². The quantitative estimate of drug-likeness (QED) is 0.736. The van der Waals surface area contributed by atoms with Gasteiger partial charge in [0, 0.05) is 26.2 Å². The third-order valence-corrected chi connectivity index (χ3v) is 3.92. The minimum atomic E-state index is -0.0250. The first-order valence-corrected chi connectivity index (χ1v) is 6.76. The molecule has 1 saturated carbocycles. The Morgan fingerprint density at radius 3 is 2.24 bits per heavy atom. The molecule has 2 rings (SSSR count). The zero-order chi connectivity index (χ0) is 12.4. The van der Waals surface area contributed by atoms with Gasteiger partial charge >= 0.3 is 0 Å². The van der Waals surface area contributed by atoms with Gasteiger partial charge in [0.05, 0.1) is 11.8 Å². The first kappa shape index (κ1) is 12.4. The van der Waals surface area contributed by atoms with Crippen LogP contribution < -0.4 is 0 Å². The molecule has 0 aromatic carbocycles. The summed E-state index contributed by atoms with van der Waals surface area (Å²) in [5, 5.41) is 0. The third kappa shape index (κ3) is 2.45. The number of carbonyl (C=O) groups excluding carboxylic acids is 2. The average molecular weight is 238 g/mol. The van der Waals surface area contributed by atoms with Crippen molar-refractivity contribution in [1.82, 2.24) is 9.80 Å². The number of hydrogen-bond acceptors (Lipinski definition) is 2. The Morgan fingerprint density at radius 1 is 1.12 bits per heavy atom. The average Bonchev–Trinajstić information content (AvgIpc) is 2.95. The van der Waals surface area contributed by atoms with Gasteiger partial charge in [-0.3, -0.25) is 9.59 Å². The van der Waals surface area contributed by atoms with Gasteiger partial charge in [-0.1, -0.05) is 0 Å². The van der Waals surface area contributed by atoms with E-state index in [-0.39, 0.29) is 23.7 Å². The highest BCUT2D eigenvalue weighted by Crippen LogP contribution is 2.41. The van der Waals surface area contributed by atoms with Crippen molar-refractivity contribution in [1.29, 1.82) is 0 Å². The number of amides is 2. The Bertz CT molecular complexity index is 289. The van der Waals surface area contributed by atoms with E-state index in [4.69, 9.17) is 0 Å². The molecule has 2 unspecified atom stereocenters. The Hall–Kier alpha value is -1.06.